The first-order chi connectivity index (χ1) is 8.74. The normalized spacial score (nSPS) is 12.8. The fourth-order valence-electron chi connectivity index (χ4n) is 1.44. The third-order valence-electron chi connectivity index (χ3n) is 2.25. The molecule has 1 aliphatic rings. The van der Waals surface area contributed by atoms with Crippen molar-refractivity contribution in [1.29, 1.82) is 0 Å². The molecule has 0 bridgehead atoms. The molecule has 0 unspecified atom stereocenters. The lowest BCUT2D eigenvalue weighted by atomic mass is 10.1. The highest BCUT2D eigenvalue weighted by Crippen LogP contribution is 2.33. The molecule has 1 aromatic carbocycles. The molecule has 0 atom stereocenters. The third-order valence-corrected chi connectivity index (χ3v) is 2.25. The molecule has 1 heterocycles. The van der Waals surface area contributed by atoms with Gasteiger partial charge >= 0.3 is 5.97 Å². The minimum atomic E-state index is -0.703. The van der Waals surface area contributed by atoms with Crippen LogP contribution in [0.2, 0.25) is 0 Å². The quantitative estimate of drug-likeness (QED) is 0.269. The number of hydrogen-bond donors (Lipinski definition) is 0. The maximum Gasteiger partial charge on any atom is 0.340 e. The van der Waals surface area contributed by atoms with Crippen molar-refractivity contribution in [1.82, 2.24) is 0 Å². The van der Waals surface area contributed by atoms with Crippen LogP contribution in [0.1, 0.15) is 5.56 Å². The average Bonchev–Trinajstić information content (AvgIpc) is 2.84. The first kappa shape index (κ1) is 11.8. The summed E-state index contributed by atoms with van der Waals surface area (Å²) in [6.07, 6.45) is 1.41. The van der Waals surface area contributed by atoms with Gasteiger partial charge < -0.3 is 14.2 Å². The number of carbonyl (C=O) groups excluding carboxylic acids is 1. The van der Waals surface area contributed by atoms with Crippen LogP contribution in [0.25, 0.3) is 16.5 Å². The Bertz CT molecular complexity index is 561. The summed E-state index contributed by atoms with van der Waals surface area (Å²) in [5, 5.41) is 3.28. The Kier molecular flexibility index (Phi) is 3.36. The van der Waals surface area contributed by atoms with E-state index in [2.05, 4.69) is 14.8 Å². The molecule has 0 N–H and O–H groups in total. The Hall–Kier alpha value is -2.66. The SMILES string of the molecule is COC(=O)C(=Cc1ccc2c(c1)OCO2)N=[N+]=[N-]. The van der Waals surface area contributed by atoms with Gasteiger partial charge in [0.25, 0.3) is 0 Å². The molecule has 0 spiro atoms. The molecule has 0 saturated carbocycles. The first-order valence-corrected chi connectivity index (χ1v) is 4.99. The molecule has 1 aliphatic heterocycles. The van der Waals surface area contributed by atoms with Crippen LogP contribution >= 0.6 is 0 Å². The molecule has 92 valence electrons. The zero-order chi connectivity index (χ0) is 13.0. The van der Waals surface area contributed by atoms with Gasteiger partial charge in [-0.2, -0.15) is 0 Å². The Morgan fingerprint density at radius 2 is 2.28 bits per heavy atom. The number of hydrogen-bond acceptors (Lipinski definition) is 5. The second-order valence-electron chi connectivity index (χ2n) is 3.32. The predicted octanol–water partition coefficient (Wildman–Crippen LogP) is 2.24. The van der Waals surface area contributed by atoms with Gasteiger partial charge in [0, 0.05) is 4.91 Å². The molecule has 0 radical (unpaired) electrons. The second kappa shape index (κ2) is 5.11. The molecule has 0 amide bonds. The monoisotopic (exact) mass is 247 g/mol. The minimum absolute atomic E-state index is 0.126. The molecular formula is C11H9N3O4. The molecule has 2 rings (SSSR count). The van der Waals surface area contributed by atoms with Crippen LogP contribution in [-0.2, 0) is 9.53 Å². The van der Waals surface area contributed by atoms with Gasteiger partial charge in [-0.3, -0.25) is 0 Å². The fourth-order valence-corrected chi connectivity index (χ4v) is 1.44. The summed E-state index contributed by atoms with van der Waals surface area (Å²) in [6.45, 7) is 0.169. The van der Waals surface area contributed by atoms with Crippen LogP contribution in [0.4, 0.5) is 0 Å². The highest BCUT2D eigenvalue weighted by atomic mass is 16.7. The summed E-state index contributed by atoms with van der Waals surface area (Å²) in [7, 11) is 1.21. The highest BCUT2D eigenvalue weighted by Gasteiger charge is 2.13. The number of benzene rings is 1. The van der Waals surface area contributed by atoms with Crippen molar-refractivity contribution >= 4 is 12.0 Å². The largest absolute Gasteiger partial charge is 0.466 e. The van der Waals surface area contributed by atoms with E-state index in [0.29, 0.717) is 17.1 Å². The summed E-state index contributed by atoms with van der Waals surface area (Å²) >= 11 is 0. The highest BCUT2D eigenvalue weighted by molar-refractivity contribution is 5.93. The Morgan fingerprint density at radius 3 is 3.00 bits per heavy atom. The maximum atomic E-state index is 11.3. The molecule has 7 nitrogen and oxygen atoms in total. The lowest BCUT2D eigenvalue weighted by Gasteiger charge is -2.00. The molecule has 0 aromatic heterocycles. The van der Waals surface area contributed by atoms with Crippen molar-refractivity contribution in [2.45, 2.75) is 0 Å². The van der Waals surface area contributed by atoms with Gasteiger partial charge in [0.1, 0.15) is 5.70 Å². The van der Waals surface area contributed by atoms with E-state index in [1.54, 1.807) is 18.2 Å². The van der Waals surface area contributed by atoms with E-state index in [4.69, 9.17) is 15.0 Å². The van der Waals surface area contributed by atoms with Gasteiger partial charge in [0.05, 0.1) is 7.11 Å². The standard InChI is InChI=1S/C11H9N3O4/c1-16-11(15)8(13-14-12)4-7-2-3-9-10(5-7)18-6-17-9/h2-5H,6H2,1H3. The Balaban J connectivity index is 2.35. The van der Waals surface area contributed by atoms with Gasteiger partial charge in [0.15, 0.2) is 11.5 Å². The lowest BCUT2D eigenvalue weighted by molar-refractivity contribution is -0.136. The molecule has 18 heavy (non-hydrogen) atoms. The first-order valence-electron chi connectivity index (χ1n) is 4.99. The Labute approximate surface area is 102 Å². The van der Waals surface area contributed by atoms with Crippen LogP contribution in [0.15, 0.2) is 29.0 Å². The van der Waals surface area contributed by atoms with Crippen LogP contribution in [0, 0.1) is 0 Å². The summed E-state index contributed by atoms with van der Waals surface area (Å²) in [5.41, 5.74) is 8.90. The van der Waals surface area contributed by atoms with E-state index < -0.39 is 5.97 Å². The number of ether oxygens (including phenoxy) is 3. The van der Waals surface area contributed by atoms with Crippen molar-refractivity contribution in [3.63, 3.8) is 0 Å². The number of carbonyl (C=O) groups is 1. The van der Waals surface area contributed by atoms with Crippen molar-refractivity contribution in [3.8, 4) is 11.5 Å². The number of fused-ring (bicyclic) bond motifs is 1. The lowest BCUT2D eigenvalue weighted by Crippen LogP contribution is -2.01. The van der Waals surface area contributed by atoms with E-state index in [0.717, 1.165) is 0 Å². The molecule has 7 heteroatoms. The molecular weight excluding hydrogens is 238 g/mol. The fraction of sp³-hybridized carbons (Fsp3) is 0.182. The molecule has 0 aliphatic carbocycles. The van der Waals surface area contributed by atoms with Crippen LogP contribution in [-0.4, -0.2) is 19.9 Å². The minimum Gasteiger partial charge on any atom is -0.466 e. The van der Waals surface area contributed by atoms with Crippen LogP contribution in [0.5, 0.6) is 11.5 Å². The third kappa shape index (κ3) is 2.36. The summed E-state index contributed by atoms with van der Waals surface area (Å²) in [6, 6.07) is 5.10. The zero-order valence-electron chi connectivity index (χ0n) is 9.49. The van der Waals surface area contributed by atoms with Gasteiger partial charge in [-0.25, -0.2) is 4.79 Å². The number of rotatable bonds is 3. The number of nitrogens with zero attached hydrogens (tertiary/aromatic N) is 3. The zero-order valence-corrected chi connectivity index (χ0v) is 9.49. The van der Waals surface area contributed by atoms with E-state index in [9.17, 15) is 4.79 Å². The topological polar surface area (TPSA) is 93.5 Å². The van der Waals surface area contributed by atoms with E-state index in [-0.39, 0.29) is 12.5 Å². The van der Waals surface area contributed by atoms with Crippen molar-refractivity contribution in [2.75, 3.05) is 13.9 Å². The smallest absolute Gasteiger partial charge is 0.340 e. The van der Waals surface area contributed by atoms with Crippen molar-refractivity contribution < 1.29 is 19.0 Å². The van der Waals surface area contributed by atoms with Gasteiger partial charge in [-0.1, -0.05) is 11.2 Å². The summed E-state index contributed by atoms with van der Waals surface area (Å²) in [5.74, 6) is 0.509. The Morgan fingerprint density at radius 1 is 1.50 bits per heavy atom. The van der Waals surface area contributed by atoms with Crippen molar-refractivity contribution in [2.24, 2.45) is 5.11 Å². The maximum absolute atomic E-state index is 11.3. The van der Waals surface area contributed by atoms with E-state index >= 15 is 0 Å². The summed E-state index contributed by atoms with van der Waals surface area (Å²) < 4.78 is 14.9. The van der Waals surface area contributed by atoms with Crippen LogP contribution in [0.3, 0.4) is 0 Å². The van der Waals surface area contributed by atoms with E-state index in [1.165, 1.54) is 13.2 Å². The van der Waals surface area contributed by atoms with Crippen molar-refractivity contribution in [3.05, 3.63) is 39.9 Å². The second-order valence-corrected chi connectivity index (χ2v) is 3.32. The average molecular weight is 247 g/mol. The van der Waals surface area contributed by atoms with Gasteiger partial charge in [-0.05, 0) is 29.3 Å². The number of esters is 1. The molecule has 0 fully saturated rings. The predicted molar refractivity (Wildman–Crippen MR) is 61.7 cm³/mol. The molecule has 1 aromatic rings. The van der Waals surface area contributed by atoms with Gasteiger partial charge in [0.2, 0.25) is 6.79 Å². The van der Waals surface area contributed by atoms with Gasteiger partial charge in [-0.15, -0.1) is 0 Å². The molecule has 0 saturated heterocycles. The summed E-state index contributed by atoms with van der Waals surface area (Å²) in [4.78, 5) is 13.9. The number of methoxy groups -OCH3 is 1. The van der Waals surface area contributed by atoms with Crippen LogP contribution < -0.4 is 9.47 Å². The van der Waals surface area contributed by atoms with E-state index in [1.807, 2.05) is 0 Å². The number of azide groups is 1.